The number of carbonyl (C=O) groups excluding carboxylic acids is 1. The molecule has 1 aliphatic heterocycles. The lowest BCUT2D eigenvalue weighted by Crippen LogP contribution is -2.40. The molecule has 0 bridgehead atoms. The van der Waals surface area contributed by atoms with Crippen molar-refractivity contribution >= 4 is 12.3 Å². The minimum absolute atomic E-state index is 0.0411. The first-order valence-corrected chi connectivity index (χ1v) is 4.21. The highest BCUT2D eigenvalue weighted by Gasteiger charge is 2.25. The van der Waals surface area contributed by atoms with E-state index in [4.69, 9.17) is 5.11 Å². The number of carboxylic acid groups (broad SMARTS) is 1. The number of aromatic carboxylic acids is 1. The third-order valence-electron chi connectivity index (χ3n) is 2.24. The predicted molar refractivity (Wildman–Crippen MR) is 46.5 cm³/mol. The molecule has 0 saturated carbocycles. The van der Waals surface area contributed by atoms with Crippen LogP contribution in [0, 0.1) is 0 Å². The van der Waals surface area contributed by atoms with Crippen LogP contribution < -0.4 is 5.32 Å². The number of H-pyrrole nitrogens is 1. The normalized spacial score (nSPS) is 16.3. The van der Waals surface area contributed by atoms with Gasteiger partial charge in [-0.15, -0.1) is 0 Å². The molecule has 1 aromatic heterocycles. The van der Waals surface area contributed by atoms with E-state index in [9.17, 15) is 9.59 Å². The first kappa shape index (κ1) is 8.89. The van der Waals surface area contributed by atoms with Crippen molar-refractivity contribution in [2.45, 2.75) is 5.92 Å². The third kappa shape index (κ3) is 1.29. The predicted octanol–water partition coefficient (Wildman–Crippen LogP) is -0.393. The Kier molecular flexibility index (Phi) is 2.05. The number of aromatic amines is 1. The van der Waals surface area contributed by atoms with E-state index in [2.05, 4.69) is 15.3 Å². The summed E-state index contributed by atoms with van der Waals surface area (Å²) < 4.78 is 0. The van der Waals surface area contributed by atoms with Crippen LogP contribution in [0.5, 0.6) is 0 Å². The van der Waals surface area contributed by atoms with Crippen molar-refractivity contribution in [2.75, 3.05) is 13.1 Å². The Morgan fingerprint density at radius 3 is 2.64 bits per heavy atom. The van der Waals surface area contributed by atoms with Crippen LogP contribution in [0.25, 0.3) is 0 Å². The van der Waals surface area contributed by atoms with E-state index in [0.717, 1.165) is 13.1 Å². The van der Waals surface area contributed by atoms with Crippen molar-refractivity contribution in [2.24, 2.45) is 0 Å². The zero-order valence-corrected chi connectivity index (χ0v) is 7.28. The Morgan fingerprint density at radius 2 is 2.29 bits per heavy atom. The highest BCUT2D eigenvalue weighted by atomic mass is 16.4. The molecule has 0 unspecified atom stereocenters. The molecular weight excluding hydrogens is 186 g/mol. The maximum Gasteiger partial charge on any atom is 0.356 e. The number of carboxylic acids is 1. The summed E-state index contributed by atoms with van der Waals surface area (Å²) in [5.41, 5.74) is -0.152. The Balaban J connectivity index is 2.34. The lowest BCUT2D eigenvalue weighted by atomic mass is 10.0. The van der Waals surface area contributed by atoms with Crippen molar-refractivity contribution in [3.63, 3.8) is 0 Å². The molecule has 6 nitrogen and oxygen atoms in total. The van der Waals surface area contributed by atoms with Gasteiger partial charge in [-0.1, -0.05) is 0 Å². The van der Waals surface area contributed by atoms with Crippen LogP contribution in [0.2, 0.25) is 0 Å². The first-order valence-electron chi connectivity index (χ1n) is 4.21. The minimum Gasteiger partial charge on any atom is -0.476 e. The van der Waals surface area contributed by atoms with Gasteiger partial charge in [0.1, 0.15) is 11.5 Å². The maximum atomic E-state index is 10.7. The lowest BCUT2D eigenvalue weighted by Gasteiger charge is -2.24. The van der Waals surface area contributed by atoms with Crippen molar-refractivity contribution < 1.29 is 14.7 Å². The number of hydrogen-bond acceptors (Lipinski definition) is 4. The van der Waals surface area contributed by atoms with Gasteiger partial charge in [-0.2, -0.15) is 0 Å². The minimum atomic E-state index is -1.18. The molecule has 74 valence electrons. The van der Waals surface area contributed by atoms with Gasteiger partial charge in [-0.25, -0.2) is 9.78 Å². The average molecular weight is 195 g/mol. The average Bonchev–Trinajstić information content (AvgIpc) is 2.45. The zero-order chi connectivity index (χ0) is 10.1. The Bertz CT molecular complexity index is 381. The molecule has 0 spiro atoms. The van der Waals surface area contributed by atoms with Crippen LogP contribution in [-0.2, 0) is 0 Å². The molecule has 1 aliphatic rings. The largest absolute Gasteiger partial charge is 0.476 e. The second-order valence-electron chi connectivity index (χ2n) is 3.16. The molecule has 1 saturated heterocycles. The van der Waals surface area contributed by atoms with E-state index >= 15 is 0 Å². The number of aldehydes is 1. The lowest BCUT2D eigenvalue weighted by molar-refractivity contribution is 0.0688. The summed E-state index contributed by atoms with van der Waals surface area (Å²) in [7, 11) is 0. The van der Waals surface area contributed by atoms with Gasteiger partial charge in [0.2, 0.25) is 0 Å². The smallest absolute Gasteiger partial charge is 0.356 e. The zero-order valence-electron chi connectivity index (χ0n) is 7.28. The molecule has 0 aromatic carbocycles. The van der Waals surface area contributed by atoms with Gasteiger partial charge in [0, 0.05) is 19.0 Å². The van der Waals surface area contributed by atoms with Crippen LogP contribution in [0.1, 0.15) is 32.7 Å². The fraction of sp³-hybridized carbons (Fsp3) is 0.375. The molecule has 0 amide bonds. The number of aromatic nitrogens is 2. The fourth-order valence-electron chi connectivity index (χ4n) is 1.33. The van der Waals surface area contributed by atoms with Crippen LogP contribution in [0.4, 0.5) is 0 Å². The molecule has 0 aliphatic carbocycles. The Hall–Kier alpha value is -1.69. The number of rotatable bonds is 3. The van der Waals surface area contributed by atoms with Crippen molar-refractivity contribution in [3.05, 3.63) is 17.2 Å². The van der Waals surface area contributed by atoms with E-state index in [1.54, 1.807) is 0 Å². The molecule has 2 heterocycles. The van der Waals surface area contributed by atoms with Gasteiger partial charge in [-0.3, -0.25) is 4.79 Å². The van der Waals surface area contributed by atoms with Gasteiger partial charge in [0.25, 0.3) is 0 Å². The Labute approximate surface area is 79.3 Å². The number of hydrogen-bond donors (Lipinski definition) is 3. The van der Waals surface area contributed by atoms with Crippen molar-refractivity contribution in [1.82, 2.24) is 15.3 Å². The fourth-order valence-corrected chi connectivity index (χ4v) is 1.33. The van der Waals surface area contributed by atoms with Crippen LogP contribution in [0.15, 0.2) is 0 Å². The van der Waals surface area contributed by atoms with E-state index < -0.39 is 5.97 Å². The number of carbonyl (C=O) groups is 2. The summed E-state index contributed by atoms with van der Waals surface area (Å²) in [6, 6.07) is 0. The Morgan fingerprint density at radius 1 is 1.57 bits per heavy atom. The van der Waals surface area contributed by atoms with Crippen molar-refractivity contribution in [1.29, 1.82) is 0 Å². The van der Waals surface area contributed by atoms with Gasteiger partial charge in [0.15, 0.2) is 12.0 Å². The van der Waals surface area contributed by atoms with Crippen LogP contribution in [-0.4, -0.2) is 40.4 Å². The van der Waals surface area contributed by atoms with E-state index in [1.807, 2.05) is 0 Å². The first-order chi connectivity index (χ1) is 6.72. The van der Waals surface area contributed by atoms with Crippen molar-refractivity contribution in [3.8, 4) is 0 Å². The monoisotopic (exact) mass is 195 g/mol. The maximum absolute atomic E-state index is 10.7. The second-order valence-corrected chi connectivity index (χ2v) is 3.16. The summed E-state index contributed by atoms with van der Waals surface area (Å²) in [4.78, 5) is 27.8. The summed E-state index contributed by atoms with van der Waals surface area (Å²) >= 11 is 0. The van der Waals surface area contributed by atoms with Gasteiger partial charge in [-0.05, 0) is 0 Å². The molecule has 0 radical (unpaired) electrons. The number of nitrogens with one attached hydrogen (secondary N) is 2. The van der Waals surface area contributed by atoms with Gasteiger partial charge < -0.3 is 15.4 Å². The summed E-state index contributed by atoms with van der Waals surface area (Å²) in [5, 5.41) is 11.8. The SMILES string of the molecule is O=Cc1[nH]c(C2CNC2)nc1C(=O)O. The third-order valence-corrected chi connectivity index (χ3v) is 2.24. The summed E-state index contributed by atoms with van der Waals surface area (Å²) in [6.45, 7) is 1.54. The van der Waals surface area contributed by atoms with E-state index in [0.29, 0.717) is 12.1 Å². The second kappa shape index (κ2) is 3.22. The summed E-state index contributed by atoms with van der Waals surface area (Å²) in [5.74, 6) is -0.410. The molecular formula is C8H9N3O3. The van der Waals surface area contributed by atoms with Crippen LogP contribution >= 0.6 is 0 Å². The molecule has 3 N–H and O–H groups in total. The molecule has 14 heavy (non-hydrogen) atoms. The molecule has 0 atom stereocenters. The molecule has 1 aromatic rings. The standard InChI is InChI=1S/C8H9N3O3/c12-3-5-6(8(13)14)11-7(10-5)4-1-9-2-4/h3-4,9H,1-2H2,(H,10,11)(H,13,14). The van der Waals surface area contributed by atoms with Gasteiger partial charge in [0.05, 0.1) is 0 Å². The number of imidazole rings is 1. The molecule has 1 fully saturated rings. The summed E-state index contributed by atoms with van der Waals surface area (Å²) in [6.07, 6.45) is 0.478. The highest BCUT2D eigenvalue weighted by Crippen LogP contribution is 2.17. The van der Waals surface area contributed by atoms with Crippen LogP contribution in [0.3, 0.4) is 0 Å². The quantitative estimate of drug-likeness (QED) is 0.571. The topological polar surface area (TPSA) is 95.1 Å². The molecule has 2 rings (SSSR count). The van der Waals surface area contributed by atoms with E-state index in [-0.39, 0.29) is 17.3 Å². The van der Waals surface area contributed by atoms with E-state index in [1.165, 1.54) is 0 Å². The van der Waals surface area contributed by atoms with Gasteiger partial charge >= 0.3 is 5.97 Å². The number of nitrogens with zero attached hydrogens (tertiary/aromatic N) is 1. The molecule has 6 heteroatoms. The highest BCUT2D eigenvalue weighted by molar-refractivity contribution is 5.94.